The Morgan fingerprint density at radius 3 is 2.88 bits per heavy atom. The van der Waals surface area contributed by atoms with Gasteiger partial charge < -0.3 is 5.32 Å². The molecule has 0 aromatic heterocycles. The average Bonchev–Trinajstić information content (AvgIpc) is 2.52. The summed E-state index contributed by atoms with van der Waals surface area (Å²) in [5, 5.41) is 3.01. The number of nitrogens with one attached hydrogen (secondary N) is 1. The smallest absolute Gasteiger partial charge is 0.239 e. The molecule has 1 saturated heterocycles. The second-order valence-corrected chi connectivity index (χ2v) is 5.00. The predicted molar refractivity (Wildman–Crippen MR) is 63.7 cm³/mol. The van der Waals surface area contributed by atoms with Crippen LogP contribution in [0.25, 0.3) is 0 Å². The van der Waals surface area contributed by atoms with Gasteiger partial charge in [0.2, 0.25) is 5.91 Å². The van der Waals surface area contributed by atoms with E-state index in [1.165, 1.54) is 30.0 Å². The van der Waals surface area contributed by atoms with Gasteiger partial charge in [0.05, 0.1) is 16.0 Å². The van der Waals surface area contributed by atoms with Crippen molar-refractivity contribution in [1.82, 2.24) is 5.32 Å². The maximum Gasteiger partial charge on any atom is 0.239 e. The largest absolute Gasteiger partial charge is 0.304 e. The van der Waals surface area contributed by atoms with Crippen LogP contribution in [0.5, 0.6) is 0 Å². The summed E-state index contributed by atoms with van der Waals surface area (Å²) in [5.74, 6) is -0.556. The van der Waals surface area contributed by atoms with Crippen molar-refractivity contribution >= 4 is 40.1 Å². The Morgan fingerprint density at radius 2 is 2.31 bits per heavy atom. The minimum absolute atomic E-state index is 0.0178. The molecule has 1 aromatic rings. The Hall–Kier alpha value is -1.07. The molecule has 1 amide bonds. The number of carbonyl (C=O) groups is 1. The fourth-order valence-electron chi connectivity index (χ4n) is 1.18. The highest BCUT2D eigenvalue weighted by atomic mass is 35.5. The molecule has 84 valence electrons. The first-order valence-electron chi connectivity index (χ1n) is 4.57. The molecule has 1 aromatic carbocycles. The van der Waals surface area contributed by atoms with Crippen molar-refractivity contribution in [2.45, 2.75) is 12.2 Å². The van der Waals surface area contributed by atoms with E-state index in [-0.39, 0.29) is 16.2 Å². The van der Waals surface area contributed by atoms with E-state index in [1.54, 1.807) is 6.92 Å². The molecule has 2 rings (SSSR count). The highest BCUT2D eigenvalue weighted by molar-refractivity contribution is 8.15. The van der Waals surface area contributed by atoms with Gasteiger partial charge in [-0.15, -0.1) is 0 Å². The summed E-state index contributed by atoms with van der Waals surface area (Å²) in [4.78, 5) is 15.4. The lowest BCUT2D eigenvalue weighted by Crippen LogP contribution is -2.23. The van der Waals surface area contributed by atoms with Crippen molar-refractivity contribution in [2.24, 2.45) is 4.99 Å². The van der Waals surface area contributed by atoms with Gasteiger partial charge in [-0.05, 0) is 25.1 Å². The number of hydrogen-bond acceptors (Lipinski definition) is 3. The highest BCUT2D eigenvalue weighted by Crippen LogP contribution is 2.25. The van der Waals surface area contributed by atoms with E-state index in [1.807, 2.05) is 0 Å². The van der Waals surface area contributed by atoms with Gasteiger partial charge in [-0.25, -0.2) is 9.38 Å². The van der Waals surface area contributed by atoms with E-state index in [9.17, 15) is 9.18 Å². The molecule has 1 aliphatic heterocycles. The zero-order chi connectivity index (χ0) is 11.7. The molecular weight excluding hydrogens is 251 g/mol. The van der Waals surface area contributed by atoms with Crippen molar-refractivity contribution < 1.29 is 9.18 Å². The molecule has 1 atom stereocenters. The van der Waals surface area contributed by atoms with Crippen LogP contribution in [0.1, 0.15) is 6.92 Å². The SMILES string of the molecule is C[C@H]1SC(=Nc2ccc(F)c(Cl)c2)NC1=O. The summed E-state index contributed by atoms with van der Waals surface area (Å²) < 4.78 is 12.9. The van der Waals surface area contributed by atoms with Crippen LogP contribution in [0, 0.1) is 5.82 Å². The third kappa shape index (κ3) is 2.36. The molecule has 0 unspecified atom stereocenters. The fraction of sp³-hybridized carbons (Fsp3) is 0.200. The van der Waals surface area contributed by atoms with Gasteiger partial charge in [-0.1, -0.05) is 23.4 Å². The van der Waals surface area contributed by atoms with Crippen LogP contribution in [-0.4, -0.2) is 16.3 Å². The van der Waals surface area contributed by atoms with Crippen LogP contribution in [0.2, 0.25) is 5.02 Å². The lowest BCUT2D eigenvalue weighted by Gasteiger charge is -1.98. The van der Waals surface area contributed by atoms with E-state index in [4.69, 9.17) is 11.6 Å². The summed E-state index contributed by atoms with van der Waals surface area (Å²) in [6.45, 7) is 1.79. The standard InChI is InChI=1S/C10H8ClFN2OS/c1-5-9(15)14-10(16-5)13-6-2-3-8(12)7(11)4-6/h2-5H,1H3,(H,13,14,15)/t5-/m1/s1. The van der Waals surface area contributed by atoms with Gasteiger partial charge in [-0.3, -0.25) is 4.79 Å². The number of hydrogen-bond donors (Lipinski definition) is 1. The van der Waals surface area contributed by atoms with Gasteiger partial charge in [-0.2, -0.15) is 0 Å². The third-order valence-electron chi connectivity index (χ3n) is 2.02. The maximum atomic E-state index is 12.9. The Morgan fingerprint density at radius 1 is 1.56 bits per heavy atom. The van der Waals surface area contributed by atoms with E-state index < -0.39 is 5.82 Å². The van der Waals surface area contributed by atoms with Crippen LogP contribution >= 0.6 is 23.4 Å². The molecule has 0 bridgehead atoms. The number of rotatable bonds is 1. The number of aliphatic imine (C=N–C) groups is 1. The first kappa shape index (κ1) is 11.4. The number of amidine groups is 1. The third-order valence-corrected chi connectivity index (χ3v) is 3.30. The summed E-state index contributed by atoms with van der Waals surface area (Å²) in [5.41, 5.74) is 0.517. The second kappa shape index (κ2) is 4.43. The minimum Gasteiger partial charge on any atom is -0.304 e. The Balaban J connectivity index is 2.24. The molecule has 1 N–H and O–H groups in total. The molecule has 0 aliphatic carbocycles. The van der Waals surface area contributed by atoms with Crippen LogP contribution in [0.4, 0.5) is 10.1 Å². The van der Waals surface area contributed by atoms with E-state index in [0.29, 0.717) is 10.9 Å². The van der Waals surface area contributed by atoms with Gasteiger partial charge >= 0.3 is 0 Å². The zero-order valence-electron chi connectivity index (χ0n) is 8.33. The van der Waals surface area contributed by atoms with Crippen LogP contribution < -0.4 is 5.32 Å². The van der Waals surface area contributed by atoms with E-state index >= 15 is 0 Å². The van der Waals surface area contributed by atoms with Crippen molar-refractivity contribution in [3.8, 4) is 0 Å². The van der Waals surface area contributed by atoms with Crippen molar-refractivity contribution in [2.75, 3.05) is 0 Å². The minimum atomic E-state index is -0.484. The molecule has 0 radical (unpaired) electrons. The van der Waals surface area contributed by atoms with Gasteiger partial charge in [0.1, 0.15) is 5.82 Å². The van der Waals surface area contributed by atoms with E-state index in [2.05, 4.69) is 10.3 Å². The maximum absolute atomic E-state index is 12.9. The van der Waals surface area contributed by atoms with E-state index in [0.717, 1.165) is 0 Å². The second-order valence-electron chi connectivity index (χ2n) is 3.26. The molecule has 1 fully saturated rings. The predicted octanol–water partition coefficient (Wildman–Crippen LogP) is 2.72. The number of nitrogens with zero attached hydrogens (tertiary/aromatic N) is 1. The van der Waals surface area contributed by atoms with Gasteiger partial charge in [0.25, 0.3) is 0 Å². The summed E-state index contributed by atoms with van der Waals surface area (Å²) in [6.07, 6.45) is 0. The lowest BCUT2D eigenvalue weighted by molar-refractivity contribution is -0.118. The highest BCUT2D eigenvalue weighted by Gasteiger charge is 2.25. The van der Waals surface area contributed by atoms with Crippen LogP contribution in [-0.2, 0) is 4.79 Å². The molecule has 16 heavy (non-hydrogen) atoms. The van der Waals surface area contributed by atoms with Crippen LogP contribution in [0.3, 0.4) is 0 Å². The number of carbonyl (C=O) groups excluding carboxylic acids is 1. The van der Waals surface area contributed by atoms with Crippen LogP contribution in [0.15, 0.2) is 23.2 Å². The summed E-state index contributed by atoms with van der Waals surface area (Å²) in [7, 11) is 0. The molecule has 1 heterocycles. The van der Waals surface area contributed by atoms with Gasteiger partial charge in [0.15, 0.2) is 5.17 Å². The Labute approximate surface area is 101 Å². The molecule has 0 saturated carbocycles. The first-order valence-corrected chi connectivity index (χ1v) is 5.83. The molecular formula is C10H8ClFN2OS. The Kier molecular flexibility index (Phi) is 3.16. The van der Waals surface area contributed by atoms with Crippen molar-refractivity contribution in [3.63, 3.8) is 0 Å². The Bertz CT molecular complexity index is 478. The molecule has 3 nitrogen and oxygen atoms in total. The fourth-order valence-corrected chi connectivity index (χ4v) is 2.18. The number of halogens is 2. The van der Waals surface area contributed by atoms with Crippen molar-refractivity contribution in [3.05, 3.63) is 29.0 Å². The normalized spacial score (nSPS) is 22.6. The topological polar surface area (TPSA) is 41.5 Å². The number of thioether (sulfide) groups is 1. The molecule has 0 spiro atoms. The summed E-state index contributed by atoms with van der Waals surface area (Å²) in [6, 6.07) is 4.16. The molecule has 1 aliphatic rings. The van der Waals surface area contributed by atoms with Crippen molar-refractivity contribution in [1.29, 1.82) is 0 Å². The zero-order valence-corrected chi connectivity index (χ0v) is 9.90. The first-order chi connectivity index (χ1) is 7.56. The summed E-state index contributed by atoms with van der Waals surface area (Å²) >= 11 is 6.95. The quantitative estimate of drug-likeness (QED) is 0.842. The average molecular weight is 259 g/mol. The monoisotopic (exact) mass is 258 g/mol. The van der Waals surface area contributed by atoms with Gasteiger partial charge in [0, 0.05) is 0 Å². The lowest BCUT2D eigenvalue weighted by atomic mass is 10.3. The number of amides is 1. The number of benzene rings is 1. The molecule has 6 heteroatoms.